The lowest BCUT2D eigenvalue weighted by atomic mass is 9.83. The van der Waals surface area contributed by atoms with Gasteiger partial charge in [-0.1, -0.05) is 33.1 Å². The molecule has 0 aromatic carbocycles. The zero-order chi connectivity index (χ0) is 18.9. The first-order valence-electron chi connectivity index (χ1n) is 9.96. The highest BCUT2D eigenvalue weighted by molar-refractivity contribution is 5.78. The number of carboxylic acids is 1. The van der Waals surface area contributed by atoms with E-state index in [4.69, 9.17) is 5.73 Å². The minimum Gasteiger partial charge on any atom is -0.479 e. The Morgan fingerprint density at radius 3 is 2.62 bits per heavy atom. The number of aliphatic hydroxyl groups is 1. The van der Waals surface area contributed by atoms with Gasteiger partial charge in [-0.2, -0.15) is 0 Å². The van der Waals surface area contributed by atoms with Crippen LogP contribution in [-0.4, -0.2) is 32.8 Å². The summed E-state index contributed by atoms with van der Waals surface area (Å²) < 4.78 is 0. The van der Waals surface area contributed by atoms with E-state index in [1.54, 1.807) is 6.20 Å². The van der Waals surface area contributed by atoms with Crippen molar-refractivity contribution in [2.75, 3.05) is 0 Å². The Labute approximate surface area is 156 Å². The van der Waals surface area contributed by atoms with Crippen LogP contribution in [0.1, 0.15) is 62.8 Å². The smallest absolute Gasteiger partial charge is 0.337 e. The number of nitrogens with two attached hydrogens (primary N) is 1. The first-order chi connectivity index (χ1) is 12.3. The molecule has 0 saturated heterocycles. The quantitative estimate of drug-likeness (QED) is 0.629. The number of pyridine rings is 1. The van der Waals surface area contributed by atoms with E-state index in [1.807, 2.05) is 19.9 Å². The third-order valence-corrected chi connectivity index (χ3v) is 6.07. The van der Waals surface area contributed by atoms with Crippen molar-refractivity contribution in [3.8, 4) is 0 Å². The van der Waals surface area contributed by atoms with Gasteiger partial charge in [0.25, 0.3) is 0 Å². The summed E-state index contributed by atoms with van der Waals surface area (Å²) in [6, 6.07) is 1.23. The van der Waals surface area contributed by atoms with E-state index in [-0.39, 0.29) is 12.3 Å². The van der Waals surface area contributed by atoms with Crippen molar-refractivity contribution >= 4 is 5.97 Å². The molecule has 0 bridgehead atoms. The highest BCUT2D eigenvalue weighted by Crippen LogP contribution is 2.38. The Balaban J connectivity index is 1.75. The Kier molecular flexibility index (Phi) is 5.68. The Morgan fingerprint density at radius 1 is 1.31 bits per heavy atom. The number of carboxylic acid groups (broad SMARTS) is 1. The molecule has 3 atom stereocenters. The summed E-state index contributed by atoms with van der Waals surface area (Å²) in [4.78, 5) is 16.3. The first kappa shape index (κ1) is 19.3. The average molecular weight is 360 g/mol. The van der Waals surface area contributed by atoms with Gasteiger partial charge >= 0.3 is 5.97 Å². The van der Waals surface area contributed by atoms with Crippen molar-refractivity contribution in [1.82, 2.24) is 4.98 Å². The van der Waals surface area contributed by atoms with Crippen LogP contribution in [-0.2, 0) is 24.1 Å². The number of rotatable bonds is 9. The van der Waals surface area contributed by atoms with Crippen LogP contribution in [0.3, 0.4) is 0 Å². The lowest BCUT2D eigenvalue weighted by molar-refractivity contribution is -0.161. The summed E-state index contributed by atoms with van der Waals surface area (Å²) in [7, 11) is 0. The van der Waals surface area contributed by atoms with Crippen LogP contribution < -0.4 is 5.73 Å². The summed E-state index contributed by atoms with van der Waals surface area (Å²) in [5.74, 6) is 0.517. The fraction of sp³-hybridized carbons (Fsp3) is 0.714. The average Bonchev–Trinajstić information content (AvgIpc) is 3.30. The normalized spacial score (nSPS) is 22.9. The molecule has 0 spiro atoms. The number of carbonyl (C=O) groups is 1. The lowest BCUT2D eigenvalue weighted by Gasteiger charge is -2.31. The molecule has 3 rings (SSSR count). The predicted octanol–water partition coefficient (Wildman–Crippen LogP) is 2.72. The van der Waals surface area contributed by atoms with E-state index in [1.165, 1.54) is 31.2 Å². The molecule has 26 heavy (non-hydrogen) atoms. The molecule has 2 aliphatic rings. The Bertz CT molecular complexity index is 657. The molecular weight excluding hydrogens is 328 g/mol. The highest BCUT2D eigenvalue weighted by Gasteiger charge is 2.44. The van der Waals surface area contributed by atoms with Gasteiger partial charge in [-0.25, -0.2) is 4.79 Å². The Hall–Kier alpha value is -1.46. The standard InChI is InChI=1S/C21H32N2O3/c1-13(2)9-19(22)21(26,20(24)25)12-18-17-11-15(6-5-14-3-4-14)10-16(17)7-8-23-18/h7-8,13-15,19,26H,3-6,9-12,22H2,1-2H3,(H,24,25)/t15-,19+,21-/m1/s1. The summed E-state index contributed by atoms with van der Waals surface area (Å²) >= 11 is 0. The van der Waals surface area contributed by atoms with Crippen molar-refractivity contribution in [2.24, 2.45) is 23.5 Å². The number of hydrogen-bond acceptors (Lipinski definition) is 4. The number of nitrogens with zero attached hydrogens (tertiary/aromatic N) is 1. The maximum atomic E-state index is 11.8. The van der Waals surface area contributed by atoms with Gasteiger partial charge in [0.1, 0.15) is 0 Å². The second-order valence-electron chi connectivity index (χ2n) is 8.83. The molecule has 5 nitrogen and oxygen atoms in total. The summed E-state index contributed by atoms with van der Waals surface area (Å²) in [5, 5.41) is 20.5. The van der Waals surface area contributed by atoms with Crippen LogP contribution in [0.4, 0.5) is 0 Å². The fourth-order valence-corrected chi connectivity index (χ4v) is 4.25. The summed E-state index contributed by atoms with van der Waals surface area (Å²) in [6.45, 7) is 3.95. The first-order valence-corrected chi connectivity index (χ1v) is 9.96. The van der Waals surface area contributed by atoms with Gasteiger partial charge in [-0.05, 0) is 60.6 Å². The van der Waals surface area contributed by atoms with Gasteiger partial charge < -0.3 is 15.9 Å². The third-order valence-electron chi connectivity index (χ3n) is 6.07. The van der Waals surface area contributed by atoms with Crippen LogP contribution in [0.15, 0.2) is 12.3 Å². The molecule has 4 N–H and O–H groups in total. The molecule has 1 heterocycles. The van der Waals surface area contributed by atoms with Crippen molar-refractivity contribution in [3.05, 3.63) is 29.1 Å². The number of aliphatic carboxylic acids is 1. The second-order valence-corrected chi connectivity index (χ2v) is 8.83. The van der Waals surface area contributed by atoms with E-state index >= 15 is 0 Å². The van der Waals surface area contributed by atoms with Crippen molar-refractivity contribution < 1.29 is 15.0 Å². The SMILES string of the molecule is CC(C)C[C@H](N)[C@](O)(Cc1nccc2c1C[C@H](CCC1CC1)C2)C(=O)O. The molecule has 1 aromatic rings. The monoisotopic (exact) mass is 360 g/mol. The van der Waals surface area contributed by atoms with E-state index in [0.717, 1.165) is 24.3 Å². The van der Waals surface area contributed by atoms with E-state index in [2.05, 4.69) is 4.98 Å². The minimum absolute atomic E-state index is 0.0191. The molecule has 1 fully saturated rings. The maximum absolute atomic E-state index is 11.8. The predicted molar refractivity (Wildman–Crippen MR) is 101 cm³/mol. The van der Waals surface area contributed by atoms with E-state index in [9.17, 15) is 15.0 Å². The van der Waals surface area contributed by atoms with Crippen LogP contribution in [0, 0.1) is 17.8 Å². The molecule has 0 radical (unpaired) electrons. The van der Waals surface area contributed by atoms with Crippen molar-refractivity contribution in [2.45, 2.75) is 76.9 Å². The molecule has 2 aliphatic carbocycles. The van der Waals surface area contributed by atoms with Gasteiger partial charge in [0.2, 0.25) is 0 Å². The van der Waals surface area contributed by atoms with Gasteiger partial charge in [0, 0.05) is 24.4 Å². The Morgan fingerprint density at radius 2 is 2.00 bits per heavy atom. The minimum atomic E-state index is -1.97. The molecule has 0 aliphatic heterocycles. The summed E-state index contributed by atoms with van der Waals surface area (Å²) in [6.07, 6.45) is 9.47. The molecule has 0 unspecified atom stereocenters. The van der Waals surface area contributed by atoms with Gasteiger partial charge in [-0.3, -0.25) is 4.98 Å². The number of hydrogen-bond donors (Lipinski definition) is 3. The fourth-order valence-electron chi connectivity index (χ4n) is 4.25. The third kappa shape index (κ3) is 4.26. The van der Waals surface area contributed by atoms with E-state index in [0.29, 0.717) is 18.0 Å². The number of fused-ring (bicyclic) bond motifs is 1. The van der Waals surface area contributed by atoms with Crippen LogP contribution in [0.25, 0.3) is 0 Å². The van der Waals surface area contributed by atoms with Gasteiger partial charge in [-0.15, -0.1) is 0 Å². The lowest BCUT2D eigenvalue weighted by Crippen LogP contribution is -2.56. The van der Waals surface area contributed by atoms with Gasteiger partial charge in [0.15, 0.2) is 5.60 Å². The maximum Gasteiger partial charge on any atom is 0.337 e. The largest absolute Gasteiger partial charge is 0.479 e. The van der Waals surface area contributed by atoms with Crippen LogP contribution in [0.2, 0.25) is 0 Å². The topological polar surface area (TPSA) is 96.4 Å². The zero-order valence-corrected chi connectivity index (χ0v) is 15.9. The van der Waals surface area contributed by atoms with Crippen molar-refractivity contribution in [1.29, 1.82) is 0 Å². The van der Waals surface area contributed by atoms with Gasteiger partial charge in [0.05, 0.1) is 0 Å². The molecule has 0 amide bonds. The molecule has 1 saturated carbocycles. The van der Waals surface area contributed by atoms with E-state index < -0.39 is 17.6 Å². The van der Waals surface area contributed by atoms with Crippen molar-refractivity contribution in [3.63, 3.8) is 0 Å². The summed E-state index contributed by atoms with van der Waals surface area (Å²) in [5.41, 5.74) is 7.25. The second kappa shape index (κ2) is 7.65. The van der Waals surface area contributed by atoms with Crippen LogP contribution >= 0.6 is 0 Å². The zero-order valence-electron chi connectivity index (χ0n) is 15.9. The molecule has 5 heteroatoms. The molecule has 144 valence electrons. The number of aromatic nitrogens is 1. The molecule has 1 aromatic heterocycles. The van der Waals surface area contributed by atoms with Crippen LogP contribution in [0.5, 0.6) is 0 Å². The highest BCUT2D eigenvalue weighted by atomic mass is 16.4. The molecular formula is C21H32N2O3.